The summed E-state index contributed by atoms with van der Waals surface area (Å²) in [5.74, 6) is 3.02. The first-order valence-electron chi connectivity index (χ1n) is 10.1. The van der Waals surface area contributed by atoms with Crippen LogP contribution in [0.3, 0.4) is 0 Å². The molecule has 0 saturated carbocycles. The van der Waals surface area contributed by atoms with Crippen LogP contribution >= 0.6 is 8.09 Å². The highest BCUT2D eigenvalue weighted by Gasteiger charge is 2.53. The summed E-state index contributed by atoms with van der Waals surface area (Å²) in [7, 11) is -2.89. The van der Waals surface area contributed by atoms with Crippen molar-refractivity contribution in [2.75, 3.05) is 24.4 Å². The fourth-order valence-electron chi connectivity index (χ4n) is 3.44. The highest BCUT2D eigenvalue weighted by molar-refractivity contribution is 7.56. The van der Waals surface area contributed by atoms with Gasteiger partial charge in [0.1, 0.15) is 37.3 Å². The average molecular weight is 490 g/mol. The second kappa shape index (κ2) is 10.5. The number of aliphatic hydroxyl groups is 2. The highest BCUT2D eigenvalue weighted by atomic mass is 31.2. The highest BCUT2D eigenvalue weighted by Crippen LogP contribution is 2.47. The number of anilines is 2. The van der Waals surface area contributed by atoms with Gasteiger partial charge in [0.2, 0.25) is 6.23 Å². The molecule has 3 rings (SSSR count). The maximum Gasteiger partial charge on any atom is 0.383 e. The smallest absolute Gasteiger partial charge is 0.383 e. The molecule has 8 N–H and O–H groups in total. The molecule has 1 aromatic rings. The molecule has 16 heteroatoms. The minimum Gasteiger partial charge on any atom is -0.611 e. The zero-order valence-electron chi connectivity index (χ0n) is 18.4. The Labute approximate surface area is 190 Å². The lowest BCUT2D eigenvalue weighted by Gasteiger charge is -2.27. The minimum absolute atomic E-state index is 0.0682. The molecule has 1 aromatic heterocycles. The molecule has 2 aliphatic rings. The first kappa shape index (κ1) is 25.6. The lowest BCUT2D eigenvalue weighted by atomic mass is 10.1. The van der Waals surface area contributed by atoms with Crippen molar-refractivity contribution in [3.63, 3.8) is 0 Å². The number of aliphatic imine (C=N–C) groups is 1. The number of nitrogen functional groups attached to an aromatic ring is 1. The maximum absolute atomic E-state index is 13.0. The van der Waals surface area contributed by atoms with Gasteiger partial charge < -0.3 is 30.3 Å². The Bertz CT molecular complexity index is 880. The van der Waals surface area contributed by atoms with E-state index < -0.39 is 51.3 Å². The largest absolute Gasteiger partial charge is 0.611 e. The van der Waals surface area contributed by atoms with Crippen molar-refractivity contribution < 1.29 is 44.4 Å². The molecule has 15 nitrogen and oxygen atoms in total. The lowest BCUT2D eigenvalue weighted by Crippen LogP contribution is -2.56. The fraction of sp³-hybridized carbons (Fsp3) is 0.647. The third-order valence-corrected chi connectivity index (χ3v) is 6.54. The predicted molar refractivity (Wildman–Crippen MR) is 113 cm³/mol. The number of methoxy groups -OCH3 is 1. The van der Waals surface area contributed by atoms with E-state index in [0.717, 1.165) is 0 Å². The number of carbonyl (C=O) groups is 1. The van der Waals surface area contributed by atoms with Crippen LogP contribution in [-0.2, 0) is 23.4 Å². The SMILES string of the molecule is COC(=O)C(CC(C)C)N[P+]([O-])(O[NH3+])OC[C@@H]1O[C@H](N2C=[N+]c3c(N)ncnc32)[C@H](O)[C@H]1O. The van der Waals surface area contributed by atoms with Gasteiger partial charge in [-0.05, 0) is 22.0 Å². The van der Waals surface area contributed by atoms with Gasteiger partial charge in [0.25, 0.3) is 17.8 Å². The molecule has 2 aliphatic heterocycles. The van der Waals surface area contributed by atoms with E-state index in [2.05, 4.69) is 25.9 Å². The zero-order valence-corrected chi connectivity index (χ0v) is 19.3. The van der Waals surface area contributed by atoms with Crippen LogP contribution in [0.5, 0.6) is 0 Å². The second-order valence-corrected chi connectivity index (χ2v) is 9.66. The molecule has 183 valence electrons. The number of nitrogens with one attached hydrogen (secondary N) is 1. The summed E-state index contributed by atoms with van der Waals surface area (Å²) in [6.07, 6.45) is -2.10. The van der Waals surface area contributed by atoms with Crippen LogP contribution in [-0.4, -0.2) is 76.8 Å². The Kier molecular flexibility index (Phi) is 8.10. The van der Waals surface area contributed by atoms with Gasteiger partial charge >= 0.3 is 14.1 Å². The van der Waals surface area contributed by atoms with E-state index in [-0.39, 0.29) is 11.7 Å². The van der Waals surface area contributed by atoms with E-state index in [1.807, 2.05) is 13.8 Å². The van der Waals surface area contributed by atoms with Crippen molar-refractivity contribution in [1.29, 1.82) is 0 Å². The summed E-state index contributed by atoms with van der Waals surface area (Å²) >= 11 is 0. The van der Waals surface area contributed by atoms with Gasteiger partial charge in [-0.3, -0.25) is 4.79 Å². The van der Waals surface area contributed by atoms with Crippen molar-refractivity contribution in [2.24, 2.45) is 5.92 Å². The van der Waals surface area contributed by atoms with Gasteiger partial charge in [-0.2, -0.15) is 20.3 Å². The van der Waals surface area contributed by atoms with E-state index in [4.69, 9.17) is 24.4 Å². The van der Waals surface area contributed by atoms with Crippen molar-refractivity contribution in [2.45, 2.75) is 50.8 Å². The summed E-state index contributed by atoms with van der Waals surface area (Å²) in [5, 5.41) is 23.5. The Morgan fingerprint density at radius 1 is 1.45 bits per heavy atom. The van der Waals surface area contributed by atoms with Gasteiger partial charge in [0.05, 0.1) is 7.11 Å². The van der Waals surface area contributed by atoms with Gasteiger partial charge in [-0.15, -0.1) is 5.09 Å². The van der Waals surface area contributed by atoms with E-state index in [1.165, 1.54) is 24.7 Å². The minimum atomic E-state index is -4.09. The monoisotopic (exact) mass is 490 g/mol. The quantitative estimate of drug-likeness (QED) is 0.123. The van der Waals surface area contributed by atoms with Crippen LogP contribution in [0.2, 0.25) is 0 Å². The van der Waals surface area contributed by atoms with Crippen LogP contribution < -0.4 is 31.5 Å². The van der Waals surface area contributed by atoms with E-state index in [0.29, 0.717) is 17.9 Å². The first-order chi connectivity index (χ1) is 15.6. The average Bonchev–Trinajstić information content (AvgIpc) is 3.33. The summed E-state index contributed by atoms with van der Waals surface area (Å²) in [6, 6.07) is -0.974. The molecule has 1 saturated heterocycles. The number of aromatic nitrogens is 2. The van der Waals surface area contributed by atoms with Crippen molar-refractivity contribution in [3.05, 3.63) is 6.33 Å². The summed E-state index contributed by atoms with van der Waals surface area (Å²) < 4.78 is 20.6. The third-order valence-electron chi connectivity index (χ3n) is 5.08. The molecule has 1 fully saturated rings. The number of nitrogens with zero attached hydrogens (tertiary/aromatic N) is 4. The third kappa shape index (κ3) is 5.54. The normalized spacial score (nSPS) is 27.0. The number of aliphatic hydroxyl groups excluding tert-OH is 2. The van der Waals surface area contributed by atoms with Crippen molar-refractivity contribution in [1.82, 2.24) is 20.0 Å². The van der Waals surface area contributed by atoms with Gasteiger partial charge in [-0.25, -0.2) is 4.98 Å². The standard InChI is InChI=1S/C17H29N7O8P/c1-8(2)4-9(17(27)29-3)23-33(28,32-19)30-5-10-12(25)13(26)16(31-10)24-7-22-11-14(18)20-6-21-15(11)24/h6-10,12-13,16,25-26H,4-5H2,1-3,19H3,(H,23,28)(H2,18,20,21)/q+2/t9?,10-,12-,13+,16-,33?/m0/s1. The first-order valence-corrected chi connectivity index (χ1v) is 11.6. The Morgan fingerprint density at radius 2 is 2.18 bits per heavy atom. The summed E-state index contributed by atoms with van der Waals surface area (Å²) in [5.41, 5.74) is 6.09. The molecule has 2 unspecified atom stereocenters. The number of quaternary nitrogens is 1. The van der Waals surface area contributed by atoms with Gasteiger partial charge in [0, 0.05) is 0 Å². The van der Waals surface area contributed by atoms with Crippen LogP contribution in [0, 0.1) is 5.92 Å². The molecule has 33 heavy (non-hydrogen) atoms. The lowest BCUT2D eigenvalue weighted by molar-refractivity contribution is -0.652. The summed E-state index contributed by atoms with van der Waals surface area (Å²) in [4.78, 5) is 38.5. The molecule has 0 amide bonds. The summed E-state index contributed by atoms with van der Waals surface area (Å²) in [6.45, 7) is 3.29. The molecule has 0 bridgehead atoms. The molecule has 6 atom stereocenters. The van der Waals surface area contributed by atoms with Crippen LogP contribution in [0.15, 0.2) is 6.33 Å². The van der Waals surface area contributed by atoms with E-state index in [9.17, 15) is 19.9 Å². The number of hydrogen-bond donors (Lipinski definition) is 5. The molecular formula is C17H29N7O8P+2. The predicted octanol–water partition coefficient (Wildman–Crippen LogP) is -3.27. The molecule has 3 heterocycles. The number of carbonyl (C=O) groups excluding carboxylic acids is 1. The van der Waals surface area contributed by atoms with Crippen molar-refractivity contribution >= 4 is 37.7 Å². The van der Waals surface area contributed by atoms with Gasteiger partial charge in [0.15, 0.2) is 5.82 Å². The fourth-order valence-corrected chi connectivity index (χ4v) is 4.60. The zero-order chi connectivity index (χ0) is 24.3. The number of ether oxygens (including phenoxy) is 2. The van der Waals surface area contributed by atoms with E-state index >= 15 is 0 Å². The Hall–Kier alpha value is -2.07. The van der Waals surface area contributed by atoms with Crippen molar-refractivity contribution in [3.8, 4) is 0 Å². The van der Waals surface area contributed by atoms with Gasteiger partial charge in [-0.1, -0.05) is 13.8 Å². The Morgan fingerprint density at radius 3 is 2.82 bits per heavy atom. The molecule has 0 aliphatic carbocycles. The Balaban J connectivity index is 1.66. The second-order valence-electron chi connectivity index (χ2n) is 7.89. The number of nitrogens with two attached hydrogens (primary N) is 1. The number of fused-ring (bicyclic) bond motifs is 1. The molecule has 0 spiro atoms. The number of hydrogen-bond acceptors (Lipinski definition) is 14. The maximum atomic E-state index is 13.0. The molecule has 1 radical (unpaired) electrons. The number of esters is 1. The number of rotatable bonds is 10. The van der Waals surface area contributed by atoms with Crippen LogP contribution in [0.1, 0.15) is 20.3 Å². The topological polar surface area (TPSA) is 226 Å². The molecular weight excluding hydrogens is 461 g/mol. The van der Waals surface area contributed by atoms with Crippen LogP contribution in [0.25, 0.3) is 0 Å². The van der Waals surface area contributed by atoms with E-state index in [1.54, 1.807) is 0 Å². The van der Waals surface area contributed by atoms with Crippen LogP contribution in [0.4, 0.5) is 17.3 Å². The molecule has 0 aromatic carbocycles.